The van der Waals surface area contributed by atoms with Crippen molar-refractivity contribution in [3.63, 3.8) is 0 Å². The number of nitrogens with two attached hydrogens (primary N) is 1. The molecule has 1 heterocycles. The molecule has 0 radical (unpaired) electrons. The minimum Gasteiger partial charge on any atom is -0.399 e. The van der Waals surface area contributed by atoms with E-state index in [4.69, 9.17) is 17.3 Å². The first-order valence-electron chi connectivity index (χ1n) is 5.38. The molecule has 92 valence electrons. The molecule has 1 amide bonds. The van der Waals surface area contributed by atoms with Crippen molar-refractivity contribution in [1.82, 2.24) is 10.3 Å². The number of aromatic nitrogens is 1. The lowest BCUT2D eigenvalue weighted by Gasteiger charge is -2.06. The normalized spacial score (nSPS) is 10.1. The van der Waals surface area contributed by atoms with E-state index >= 15 is 0 Å². The molecule has 1 aromatic heterocycles. The third kappa shape index (κ3) is 3.21. The number of rotatable bonds is 3. The van der Waals surface area contributed by atoms with E-state index < -0.39 is 0 Å². The van der Waals surface area contributed by atoms with Crippen molar-refractivity contribution in [2.75, 3.05) is 5.73 Å². The summed E-state index contributed by atoms with van der Waals surface area (Å²) in [5.41, 5.74) is 7.53. The molecule has 0 bridgehead atoms. The van der Waals surface area contributed by atoms with Crippen molar-refractivity contribution >= 4 is 23.2 Å². The van der Waals surface area contributed by atoms with Crippen molar-refractivity contribution in [1.29, 1.82) is 0 Å². The van der Waals surface area contributed by atoms with Crippen LogP contribution in [-0.4, -0.2) is 10.9 Å². The standard InChI is InChI=1S/C13H12ClN3O/c14-11-5-10(6-12(15)7-11)13(18)17-8-9-1-3-16-4-2-9/h1-7H,8,15H2,(H,17,18). The monoisotopic (exact) mass is 261 g/mol. The van der Waals surface area contributed by atoms with Crippen LogP contribution in [-0.2, 0) is 6.54 Å². The molecule has 3 N–H and O–H groups in total. The van der Waals surface area contributed by atoms with Gasteiger partial charge >= 0.3 is 0 Å². The van der Waals surface area contributed by atoms with Gasteiger partial charge in [0, 0.05) is 35.2 Å². The summed E-state index contributed by atoms with van der Waals surface area (Å²) in [4.78, 5) is 15.8. The van der Waals surface area contributed by atoms with Gasteiger partial charge in [0.15, 0.2) is 0 Å². The Morgan fingerprint density at radius 3 is 2.67 bits per heavy atom. The molecule has 0 aliphatic rings. The van der Waals surface area contributed by atoms with E-state index in [-0.39, 0.29) is 5.91 Å². The zero-order valence-corrected chi connectivity index (χ0v) is 10.3. The van der Waals surface area contributed by atoms with Crippen molar-refractivity contribution < 1.29 is 4.79 Å². The predicted molar refractivity (Wildman–Crippen MR) is 71.3 cm³/mol. The summed E-state index contributed by atoms with van der Waals surface area (Å²) in [5.74, 6) is -0.207. The number of pyridine rings is 1. The summed E-state index contributed by atoms with van der Waals surface area (Å²) in [6, 6.07) is 8.45. The summed E-state index contributed by atoms with van der Waals surface area (Å²) in [7, 11) is 0. The Morgan fingerprint density at radius 1 is 1.28 bits per heavy atom. The van der Waals surface area contributed by atoms with Gasteiger partial charge in [-0.25, -0.2) is 0 Å². The van der Waals surface area contributed by atoms with Gasteiger partial charge in [-0.3, -0.25) is 9.78 Å². The molecule has 0 saturated carbocycles. The van der Waals surface area contributed by atoms with Crippen LogP contribution in [0.4, 0.5) is 5.69 Å². The summed E-state index contributed by atoms with van der Waals surface area (Å²) in [5, 5.41) is 3.24. The van der Waals surface area contributed by atoms with Gasteiger partial charge < -0.3 is 11.1 Å². The molecule has 1 aromatic carbocycles. The molecule has 0 spiro atoms. The molecule has 0 fully saturated rings. The van der Waals surface area contributed by atoms with E-state index in [9.17, 15) is 4.79 Å². The highest BCUT2D eigenvalue weighted by Crippen LogP contribution is 2.16. The Balaban J connectivity index is 2.04. The molecule has 0 aliphatic heterocycles. The largest absolute Gasteiger partial charge is 0.399 e. The Bertz CT molecular complexity index is 537. The number of hydrogen-bond donors (Lipinski definition) is 2. The minimum atomic E-state index is -0.207. The molecule has 0 aliphatic carbocycles. The van der Waals surface area contributed by atoms with Crippen molar-refractivity contribution in [3.05, 3.63) is 58.9 Å². The van der Waals surface area contributed by atoms with E-state index in [1.165, 1.54) is 0 Å². The first-order chi connectivity index (χ1) is 8.65. The summed E-state index contributed by atoms with van der Waals surface area (Å²) in [6.07, 6.45) is 3.36. The lowest BCUT2D eigenvalue weighted by Crippen LogP contribution is -2.22. The lowest BCUT2D eigenvalue weighted by molar-refractivity contribution is 0.0951. The van der Waals surface area contributed by atoms with Gasteiger partial charge in [0.05, 0.1) is 0 Å². The second-order valence-corrected chi connectivity index (χ2v) is 4.25. The van der Waals surface area contributed by atoms with Crippen LogP contribution in [0, 0.1) is 0 Å². The number of benzene rings is 1. The third-order valence-corrected chi connectivity index (χ3v) is 2.60. The van der Waals surface area contributed by atoms with Crippen LogP contribution in [0.15, 0.2) is 42.7 Å². The highest BCUT2D eigenvalue weighted by atomic mass is 35.5. The Hall–Kier alpha value is -2.07. The number of nitrogens with one attached hydrogen (secondary N) is 1. The minimum absolute atomic E-state index is 0.207. The van der Waals surface area contributed by atoms with Crippen LogP contribution < -0.4 is 11.1 Å². The molecular formula is C13H12ClN3O. The Labute approximate surface area is 110 Å². The molecule has 2 rings (SSSR count). The third-order valence-electron chi connectivity index (χ3n) is 2.38. The maximum atomic E-state index is 11.9. The van der Waals surface area contributed by atoms with Crippen LogP contribution in [0.2, 0.25) is 5.02 Å². The Morgan fingerprint density at radius 2 is 2.00 bits per heavy atom. The molecule has 0 saturated heterocycles. The molecule has 4 nitrogen and oxygen atoms in total. The van der Waals surface area contributed by atoms with E-state index in [2.05, 4.69) is 10.3 Å². The quantitative estimate of drug-likeness (QED) is 0.833. The number of hydrogen-bond acceptors (Lipinski definition) is 3. The average Bonchev–Trinajstić information content (AvgIpc) is 2.36. The number of carbonyl (C=O) groups excluding carboxylic acids is 1. The number of nitrogens with zero attached hydrogens (tertiary/aromatic N) is 1. The van der Waals surface area contributed by atoms with Crippen molar-refractivity contribution in [3.8, 4) is 0 Å². The maximum Gasteiger partial charge on any atom is 0.251 e. The van der Waals surface area contributed by atoms with Gasteiger partial charge in [-0.15, -0.1) is 0 Å². The summed E-state index contributed by atoms with van der Waals surface area (Å²) < 4.78 is 0. The second-order valence-electron chi connectivity index (χ2n) is 3.81. The molecule has 0 atom stereocenters. The van der Waals surface area contributed by atoms with Crippen LogP contribution in [0.1, 0.15) is 15.9 Å². The SMILES string of the molecule is Nc1cc(Cl)cc(C(=O)NCc2ccncc2)c1. The number of halogens is 1. The second kappa shape index (κ2) is 5.51. The topological polar surface area (TPSA) is 68.0 Å². The highest BCUT2D eigenvalue weighted by molar-refractivity contribution is 6.31. The van der Waals surface area contributed by atoms with Crippen LogP contribution >= 0.6 is 11.6 Å². The Kier molecular flexibility index (Phi) is 3.79. The fourth-order valence-electron chi connectivity index (χ4n) is 1.53. The highest BCUT2D eigenvalue weighted by Gasteiger charge is 2.07. The van der Waals surface area contributed by atoms with Gasteiger partial charge in [0.1, 0.15) is 0 Å². The number of nitrogen functional groups attached to an aromatic ring is 1. The molecule has 2 aromatic rings. The first kappa shape index (κ1) is 12.4. The van der Waals surface area contributed by atoms with E-state index in [0.717, 1.165) is 5.56 Å². The van der Waals surface area contributed by atoms with Gasteiger partial charge in [0.25, 0.3) is 5.91 Å². The summed E-state index contributed by atoms with van der Waals surface area (Å²) in [6.45, 7) is 0.438. The molecular weight excluding hydrogens is 250 g/mol. The van der Waals surface area contributed by atoms with Crippen LogP contribution in [0.5, 0.6) is 0 Å². The number of anilines is 1. The van der Waals surface area contributed by atoms with E-state index in [1.54, 1.807) is 30.6 Å². The van der Waals surface area contributed by atoms with Crippen molar-refractivity contribution in [2.45, 2.75) is 6.54 Å². The number of carbonyl (C=O) groups is 1. The lowest BCUT2D eigenvalue weighted by atomic mass is 10.2. The van der Waals surface area contributed by atoms with Crippen LogP contribution in [0.25, 0.3) is 0 Å². The fourth-order valence-corrected chi connectivity index (χ4v) is 1.77. The summed E-state index contributed by atoms with van der Waals surface area (Å²) >= 11 is 5.84. The predicted octanol–water partition coefficient (Wildman–Crippen LogP) is 2.25. The van der Waals surface area contributed by atoms with Gasteiger partial charge in [-0.05, 0) is 35.9 Å². The number of amides is 1. The molecule has 18 heavy (non-hydrogen) atoms. The first-order valence-corrected chi connectivity index (χ1v) is 5.76. The zero-order chi connectivity index (χ0) is 13.0. The smallest absolute Gasteiger partial charge is 0.251 e. The van der Waals surface area contributed by atoms with Gasteiger partial charge in [0.2, 0.25) is 0 Å². The zero-order valence-electron chi connectivity index (χ0n) is 9.56. The van der Waals surface area contributed by atoms with Crippen LogP contribution in [0.3, 0.4) is 0 Å². The average molecular weight is 262 g/mol. The van der Waals surface area contributed by atoms with E-state index in [0.29, 0.717) is 22.8 Å². The molecule has 0 unspecified atom stereocenters. The van der Waals surface area contributed by atoms with E-state index in [1.807, 2.05) is 12.1 Å². The maximum absolute atomic E-state index is 11.9. The fraction of sp³-hybridized carbons (Fsp3) is 0.0769. The van der Waals surface area contributed by atoms with Gasteiger partial charge in [-0.2, -0.15) is 0 Å². The van der Waals surface area contributed by atoms with Gasteiger partial charge in [-0.1, -0.05) is 11.6 Å². The van der Waals surface area contributed by atoms with Crippen molar-refractivity contribution in [2.24, 2.45) is 0 Å². The molecule has 5 heteroatoms.